The van der Waals surface area contributed by atoms with Crippen LogP contribution < -0.4 is 0 Å². The number of hydrogen-bond acceptors (Lipinski definition) is 6. The third-order valence-electron chi connectivity index (χ3n) is 5.86. The van der Waals surface area contributed by atoms with E-state index in [-0.39, 0.29) is 34.9 Å². The lowest BCUT2D eigenvalue weighted by Crippen LogP contribution is -2.37. The Morgan fingerprint density at radius 3 is 2.39 bits per heavy atom. The van der Waals surface area contributed by atoms with Gasteiger partial charge >= 0.3 is 5.97 Å². The molecule has 0 aliphatic heterocycles. The zero-order chi connectivity index (χ0) is 24.0. The van der Waals surface area contributed by atoms with Gasteiger partial charge in [0.1, 0.15) is 0 Å². The number of carbonyl (C=O) groups is 1. The van der Waals surface area contributed by atoms with Gasteiger partial charge in [0.25, 0.3) is 5.69 Å². The molecule has 0 spiro atoms. The quantitative estimate of drug-likeness (QED) is 0.255. The summed E-state index contributed by atoms with van der Waals surface area (Å²) in [6, 6.07) is 12.4. The van der Waals surface area contributed by atoms with Gasteiger partial charge in [-0.3, -0.25) is 14.9 Å². The number of halogens is 1. The summed E-state index contributed by atoms with van der Waals surface area (Å²) in [7, 11) is -3.89. The van der Waals surface area contributed by atoms with E-state index in [0.717, 1.165) is 22.9 Å². The summed E-state index contributed by atoms with van der Waals surface area (Å²) in [5, 5.41) is 11.0. The van der Waals surface area contributed by atoms with E-state index in [1.54, 1.807) is 6.92 Å². The summed E-state index contributed by atoms with van der Waals surface area (Å²) in [5.41, 5.74) is 0.667. The number of hydrogen-bond donors (Lipinski definition) is 0. The lowest BCUT2D eigenvalue weighted by Gasteiger charge is -2.31. The Bertz CT molecular complexity index is 1080. The lowest BCUT2D eigenvalue weighted by atomic mass is 9.82. The largest absolute Gasteiger partial charge is 0.466 e. The van der Waals surface area contributed by atoms with Gasteiger partial charge in [-0.15, -0.1) is 0 Å². The first kappa shape index (κ1) is 25.3. The number of nitro benzene ring substituents is 1. The molecule has 1 aliphatic rings. The number of esters is 1. The Morgan fingerprint density at radius 1 is 1.15 bits per heavy atom. The fourth-order valence-corrected chi connectivity index (χ4v) is 6.06. The number of nitro groups is 1. The van der Waals surface area contributed by atoms with Crippen molar-refractivity contribution >= 4 is 37.6 Å². The topological polar surface area (TPSA) is 107 Å². The van der Waals surface area contributed by atoms with Crippen LogP contribution in [0.4, 0.5) is 5.69 Å². The van der Waals surface area contributed by atoms with Crippen molar-refractivity contribution in [3.63, 3.8) is 0 Å². The van der Waals surface area contributed by atoms with Crippen LogP contribution in [0.1, 0.15) is 38.2 Å². The minimum Gasteiger partial charge on any atom is -0.466 e. The van der Waals surface area contributed by atoms with Gasteiger partial charge in [0.2, 0.25) is 10.0 Å². The number of rotatable bonds is 9. The molecule has 0 unspecified atom stereocenters. The van der Waals surface area contributed by atoms with Crippen molar-refractivity contribution in [3.05, 3.63) is 68.7 Å². The van der Waals surface area contributed by atoms with Gasteiger partial charge < -0.3 is 4.74 Å². The maximum Gasteiger partial charge on any atom is 0.308 e. The molecule has 2 aromatic carbocycles. The van der Waals surface area contributed by atoms with Gasteiger partial charge in [-0.05, 0) is 68.4 Å². The molecule has 0 bridgehead atoms. The number of sulfonamides is 1. The van der Waals surface area contributed by atoms with Gasteiger partial charge in [0, 0.05) is 29.7 Å². The highest BCUT2D eigenvalue weighted by molar-refractivity contribution is 9.10. The SMILES string of the molecule is CCOC(=O)C1CCC(CN(Cc2cccc(Br)c2)S(=O)(=O)c2ccc([N+](=O)[O-])cc2)CC1. The summed E-state index contributed by atoms with van der Waals surface area (Å²) < 4.78 is 34.4. The molecule has 33 heavy (non-hydrogen) atoms. The summed E-state index contributed by atoms with van der Waals surface area (Å²) in [6.45, 7) is 2.62. The number of benzene rings is 2. The normalized spacial score (nSPS) is 18.8. The molecule has 178 valence electrons. The minimum absolute atomic E-state index is 0.0170. The molecule has 0 N–H and O–H groups in total. The van der Waals surface area contributed by atoms with E-state index in [1.165, 1.54) is 28.6 Å². The predicted octanol–water partition coefficient (Wildman–Crippen LogP) is 4.92. The standard InChI is InChI=1S/C23H27BrN2O6S/c1-2-32-23(27)19-8-6-17(7-9-19)15-25(16-18-4-3-5-20(24)14-18)33(30,31)22-12-10-21(11-13-22)26(28)29/h3-5,10-14,17,19H,2,6-9,15-16H2,1H3. The number of ether oxygens (including phenoxy) is 1. The molecule has 0 aromatic heterocycles. The van der Waals surface area contributed by atoms with Crippen LogP contribution in [0.15, 0.2) is 57.9 Å². The van der Waals surface area contributed by atoms with Crippen molar-refractivity contribution < 1.29 is 22.9 Å². The zero-order valence-corrected chi connectivity index (χ0v) is 20.8. The average Bonchev–Trinajstić information content (AvgIpc) is 2.79. The molecule has 0 amide bonds. The van der Waals surface area contributed by atoms with E-state index in [1.807, 2.05) is 24.3 Å². The van der Waals surface area contributed by atoms with E-state index >= 15 is 0 Å². The first-order valence-electron chi connectivity index (χ1n) is 10.9. The second-order valence-corrected chi connectivity index (χ2v) is 11.0. The molecule has 0 radical (unpaired) electrons. The highest BCUT2D eigenvalue weighted by Crippen LogP contribution is 2.32. The van der Waals surface area contributed by atoms with Crippen molar-refractivity contribution in [3.8, 4) is 0 Å². The second-order valence-electron chi connectivity index (χ2n) is 8.15. The summed E-state index contributed by atoms with van der Waals surface area (Å²) in [6.07, 6.45) is 2.81. The fraction of sp³-hybridized carbons (Fsp3) is 0.435. The average molecular weight is 539 g/mol. The Labute approximate surface area is 202 Å². The van der Waals surface area contributed by atoms with Crippen molar-refractivity contribution in [2.75, 3.05) is 13.2 Å². The summed E-state index contributed by atoms with van der Waals surface area (Å²) in [5.74, 6) is -0.206. The molecular weight excluding hydrogens is 512 g/mol. The van der Waals surface area contributed by atoms with Gasteiger partial charge in [-0.25, -0.2) is 8.42 Å². The molecule has 1 aliphatic carbocycles. The number of non-ortho nitro benzene ring substituents is 1. The molecule has 3 rings (SSSR count). The fourth-order valence-electron chi connectivity index (χ4n) is 4.10. The molecule has 1 fully saturated rings. The highest BCUT2D eigenvalue weighted by atomic mass is 79.9. The van der Waals surface area contributed by atoms with Crippen LogP contribution in [0.25, 0.3) is 0 Å². The molecular formula is C23H27BrN2O6S. The second kappa shape index (κ2) is 11.2. The Kier molecular flexibility index (Phi) is 8.61. The van der Waals surface area contributed by atoms with Crippen LogP contribution in [0, 0.1) is 22.0 Å². The molecule has 0 atom stereocenters. The molecule has 0 saturated heterocycles. The lowest BCUT2D eigenvalue weighted by molar-refractivity contribution is -0.384. The summed E-state index contributed by atoms with van der Waals surface area (Å²) in [4.78, 5) is 22.5. The highest BCUT2D eigenvalue weighted by Gasteiger charge is 2.32. The molecule has 2 aromatic rings. The van der Waals surface area contributed by atoms with Crippen molar-refractivity contribution in [1.82, 2.24) is 4.31 Å². The first-order valence-corrected chi connectivity index (χ1v) is 13.1. The van der Waals surface area contributed by atoms with Crippen molar-refractivity contribution in [2.45, 2.75) is 44.0 Å². The third-order valence-corrected chi connectivity index (χ3v) is 8.18. The smallest absolute Gasteiger partial charge is 0.308 e. The van der Waals surface area contributed by atoms with E-state index in [9.17, 15) is 23.3 Å². The zero-order valence-electron chi connectivity index (χ0n) is 18.4. The van der Waals surface area contributed by atoms with E-state index in [0.29, 0.717) is 26.0 Å². The van der Waals surface area contributed by atoms with Crippen molar-refractivity contribution in [2.24, 2.45) is 11.8 Å². The Balaban J connectivity index is 1.80. The maximum absolute atomic E-state index is 13.5. The first-order chi connectivity index (χ1) is 15.7. The monoisotopic (exact) mass is 538 g/mol. The molecule has 1 saturated carbocycles. The van der Waals surface area contributed by atoms with E-state index < -0.39 is 14.9 Å². The van der Waals surface area contributed by atoms with Crippen LogP contribution in [-0.2, 0) is 26.1 Å². The summed E-state index contributed by atoms with van der Waals surface area (Å²) >= 11 is 3.42. The van der Waals surface area contributed by atoms with Crippen molar-refractivity contribution in [1.29, 1.82) is 0 Å². The van der Waals surface area contributed by atoms with Crippen LogP contribution in [0.5, 0.6) is 0 Å². The number of nitrogens with zero attached hydrogens (tertiary/aromatic N) is 2. The van der Waals surface area contributed by atoms with Gasteiger partial charge in [-0.1, -0.05) is 28.1 Å². The molecule has 0 heterocycles. The number of carbonyl (C=O) groups excluding carboxylic acids is 1. The Morgan fingerprint density at radius 2 is 1.82 bits per heavy atom. The van der Waals surface area contributed by atoms with E-state index in [2.05, 4.69) is 15.9 Å². The molecule has 8 nitrogen and oxygen atoms in total. The van der Waals surface area contributed by atoms with Crippen LogP contribution in [-0.4, -0.2) is 36.8 Å². The third kappa shape index (κ3) is 6.61. The maximum atomic E-state index is 13.5. The van der Waals surface area contributed by atoms with Crippen LogP contribution >= 0.6 is 15.9 Å². The molecule has 10 heteroatoms. The Hall–Kier alpha value is -2.30. The van der Waals surface area contributed by atoms with Gasteiger partial charge in [0.05, 0.1) is 22.3 Å². The van der Waals surface area contributed by atoms with E-state index in [4.69, 9.17) is 4.74 Å². The van der Waals surface area contributed by atoms with Crippen LogP contribution in [0.2, 0.25) is 0 Å². The van der Waals surface area contributed by atoms with Gasteiger partial charge in [0.15, 0.2) is 0 Å². The van der Waals surface area contributed by atoms with Crippen LogP contribution in [0.3, 0.4) is 0 Å². The van der Waals surface area contributed by atoms with Gasteiger partial charge in [-0.2, -0.15) is 4.31 Å². The predicted molar refractivity (Wildman–Crippen MR) is 127 cm³/mol. The minimum atomic E-state index is -3.89.